The molecule has 0 unspecified atom stereocenters. The van der Waals surface area contributed by atoms with Crippen molar-refractivity contribution in [2.24, 2.45) is 0 Å². The van der Waals surface area contributed by atoms with Gasteiger partial charge in [-0.25, -0.2) is 0 Å². The third kappa shape index (κ3) is 7.11. The van der Waals surface area contributed by atoms with Crippen LogP contribution >= 0.6 is 8.60 Å². The monoisotopic (exact) mass is 366 g/mol. The lowest BCUT2D eigenvalue weighted by molar-refractivity contribution is 0.368. The molecule has 0 fully saturated rings. The van der Waals surface area contributed by atoms with E-state index in [4.69, 9.17) is 14.7 Å². The highest BCUT2D eigenvalue weighted by atomic mass is 31.2. The van der Waals surface area contributed by atoms with E-state index >= 15 is 0 Å². The van der Waals surface area contributed by atoms with Crippen LogP contribution in [0.1, 0.15) is 101 Å². The van der Waals surface area contributed by atoms with Gasteiger partial charge in [-0.2, -0.15) is 0 Å². The highest BCUT2D eigenvalue weighted by Gasteiger charge is 2.51. The van der Waals surface area contributed by atoms with Gasteiger partial charge < -0.3 is 14.7 Å². The highest BCUT2D eigenvalue weighted by Crippen LogP contribution is 2.61. The molecule has 0 rings (SSSR count). The van der Waals surface area contributed by atoms with Gasteiger partial charge in [0.2, 0.25) is 0 Å². The van der Waals surface area contributed by atoms with E-state index in [1.807, 2.05) is 0 Å². The summed E-state index contributed by atoms with van der Waals surface area (Å²) in [7, 11) is -3.54. The van der Waals surface area contributed by atoms with Crippen LogP contribution < -0.4 is 0 Å². The Morgan fingerprint density at radius 3 is 0.783 bits per heavy atom. The second-order valence-corrected chi connectivity index (χ2v) is 13.4. The van der Waals surface area contributed by atoms with Gasteiger partial charge in [-0.3, -0.25) is 0 Å². The smallest absolute Gasteiger partial charge is 0.324 e. The Kier molecular flexibility index (Phi) is 12.5. The topological polar surface area (TPSA) is 60.7 Å². The predicted octanol–water partition coefficient (Wildman–Crippen LogP) is 6.14. The van der Waals surface area contributed by atoms with Crippen LogP contribution in [0.5, 0.6) is 0 Å². The summed E-state index contributed by atoms with van der Waals surface area (Å²) in [6.07, 6.45) is 8.20. The van der Waals surface area contributed by atoms with Gasteiger partial charge in [0, 0.05) is 0 Å². The molecule has 0 aromatic carbocycles. The lowest BCUT2D eigenvalue weighted by Crippen LogP contribution is -2.48. The molecule has 0 atom stereocenters. The molecule has 0 bridgehead atoms. The van der Waals surface area contributed by atoms with Gasteiger partial charge in [0.15, 0.2) is 0 Å². The molecule has 0 saturated heterocycles. The molecule has 0 aliphatic rings. The van der Waals surface area contributed by atoms with E-state index in [1.54, 1.807) is 0 Å². The molecule has 0 heterocycles. The Morgan fingerprint density at radius 1 is 0.565 bits per heavy atom. The molecular formula is C18H43O3PSi. The molecule has 0 aromatic rings. The van der Waals surface area contributed by atoms with Gasteiger partial charge in [-0.1, -0.05) is 101 Å². The molecule has 5 heteroatoms. The first kappa shape index (κ1) is 25.8. The Bertz CT molecular complexity index is 253. The van der Waals surface area contributed by atoms with Crippen molar-refractivity contribution in [3.05, 3.63) is 0 Å². The lowest BCUT2D eigenvalue weighted by Gasteiger charge is -2.55. The maximum Gasteiger partial charge on any atom is 0.324 e. The first-order chi connectivity index (χ1) is 10.5. The van der Waals surface area contributed by atoms with Crippen LogP contribution in [0, 0.1) is 0 Å². The molecule has 0 saturated carbocycles. The Morgan fingerprint density at radius 2 is 0.696 bits per heavy atom. The van der Waals surface area contributed by atoms with Crippen molar-refractivity contribution in [2.75, 3.05) is 0 Å². The van der Waals surface area contributed by atoms with Crippen LogP contribution in [0.2, 0.25) is 15.1 Å². The SMILES string of the molecule is CCC(C)(CC)[SiH](C(C)(CC)CC)C(C)(CC)CC.OP(O)O. The summed E-state index contributed by atoms with van der Waals surface area (Å²) in [5, 5.41) is 1.84. The van der Waals surface area contributed by atoms with Crippen molar-refractivity contribution in [1.29, 1.82) is 0 Å². The second-order valence-electron chi connectivity index (χ2n) is 7.78. The highest BCUT2D eigenvalue weighted by molar-refractivity contribution is 7.38. The standard InChI is InChI=1S/C18H40Si.H3O3P/c1-10-16(7,11-2)19(17(8,12-3)13-4)18(9,14-5)15-6;1-4(2)3/h19H,10-15H2,1-9H3;1-3H. The van der Waals surface area contributed by atoms with E-state index in [2.05, 4.69) is 62.3 Å². The Labute approximate surface area is 148 Å². The summed E-state index contributed by atoms with van der Waals surface area (Å²) < 4.78 is 0. The largest absolute Gasteiger partial charge is 0.328 e. The molecule has 0 amide bonds. The third-order valence-electron chi connectivity index (χ3n) is 6.94. The van der Waals surface area contributed by atoms with Crippen LogP contribution in [0.25, 0.3) is 0 Å². The van der Waals surface area contributed by atoms with Crippen LogP contribution in [0.15, 0.2) is 0 Å². The molecule has 3 nitrogen and oxygen atoms in total. The summed E-state index contributed by atoms with van der Waals surface area (Å²) in [4.78, 5) is 21.7. The van der Waals surface area contributed by atoms with Gasteiger partial charge in [0.25, 0.3) is 0 Å². The zero-order chi connectivity index (χ0) is 18.9. The molecule has 3 N–H and O–H groups in total. The summed E-state index contributed by atoms with van der Waals surface area (Å²) in [6, 6.07) is 0. The number of hydrogen-bond acceptors (Lipinski definition) is 3. The van der Waals surface area contributed by atoms with E-state index in [0.717, 1.165) is 0 Å². The van der Waals surface area contributed by atoms with E-state index in [1.165, 1.54) is 38.5 Å². The molecule has 0 aromatic heterocycles. The zero-order valence-corrected chi connectivity index (χ0v) is 19.2. The fourth-order valence-corrected chi connectivity index (χ4v) is 12.0. The average Bonchev–Trinajstić information content (AvgIpc) is 2.53. The maximum absolute atomic E-state index is 7.23. The molecule has 23 heavy (non-hydrogen) atoms. The van der Waals surface area contributed by atoms with Crippen molar-refractivity contribution < 1.29 is 14.7 Å². The van der Waals surface area contributed by atoms with Crippen molar-refractivity contribution in [3.63, 3.8) is 0 Å². The molecule has 0 aliphatic heterocycles. The summed E-state index contributed by atoms with van der Waals surface area (Å²) >= 11 is 0. The zero-order valence-electron chi connectivity index (χ0n) is 17.1. The summed E-state index contributed by atoms with van der Waals surface area (Å²) in [5.74, 6) is 0. The minimum absolute atomic E-state index is 0.613. The summed E-state index contributed by atoms with van der Waals surface area (Å²) in [5.41, 5.74) is 0. The molecule has 0 aliphatic carbocycles. The fourth-order valence-electron chi connectivity index (χ4n) is 4.50. The quantitative estimate of drug-likeness (QED) is 0.339. The van der Waals surface area contributed by atoms with E-state index in [-0.39, 0.29) is 0 Å². The van der Waals surface area contributed by atoms with E-state index < -0.39 is 17.4 Å². The van der Waals surface area contributed by atoms with Crippen LogP contribution in [-0.4, -0.2) is 23.5 Å². The molecule has 142 valence electrons. The average molecular weight is 367 g/mol. The van der Waals surface area contributed by atoms with Crippen LogP contribution in [-0.2, 0) is 0 Å². The third-order valence-corrected chi connectivity index (χ3v) is 13.6. The number of rotatable bonds is 9. The molecular weight excluding hydrogens is 323 g/mol. The fraction of sp³-hybridized carbons (Fsp3) is 1.00. The van der Waals surface area contributed by atoms with Crippen molar-refractivity contribution in [2.45, 2.75) is 116 Å². The normalized spacial score (nSPS) is 13.3. The first-order valence-electron chi connectivity index (χ1n) is 9.33. The van der Waals surface area contributed by atoms with E-state index in [0.29, 0.717) is 15.1 Å². The number of hydrogen-bond donors (Lipinski definition) is 3. The van der Waals surface area contributed by atoms with Gasteiger partial charge >= 0.3 is 8.60 Å². The maximum atomic E-state index is 7.23. The lowest BCUT2D eigenvalue weighted by atomic mass is 10.0. The van der Waals surface area contributed by atoms with Gasteiger partial charge in [0.1, 0.15) is 0 Å². The Balaban J connectivity index is 0. The minimum Gasteiger partial charge on any atom is -0.328 e. The molecule has 0 radical (unpaired) electrons. The predicted molar refractivity (Wildman–Crippen MR) is 108 cm³/mol. The van der Waals surface area contributed by atoms with Crippen LogP contribution in [0.3, 0.4) is 0 Å². The van der Waals surface area contributed by atoms with E-state index in [9.17, 15) is 0 Å². The van der Waals surface area contributed by atoms with Gasteiger partial charge in [-0.05, 0) is 15.1 Å². The van der Waals surface area contributed by atoms with Crippen molar-refractivity contribution in [1.82, 2.24) is 0 Å². The van der Waals surface area contributed by atoms with Crippen molar-refractivity contribution >= 4 is 17.4 Å². The Hall–Kier alpha value is 0.527. The van der Waals surface area contributed by atoms with Crippen molar-refractivity contribution in [3.8, 4) is 0 Å². The molecule has 0 spiro atoms. The van der Waals surface area contributed by atoms with Gasteiger partial charge in [-0.15, -0.1) is 0 Å². The summed E-state index contributed by atoms with van der Waals surface area (Å²) in [6.45, 7) is 22.4. The van der Waals surface area contributed by atoms with Crippen LogP contribution in [0.4, 0.5) is 0 Å². The second kappa shape index (κ2) is 11.2. The first-order valence-corrected chi connectivity index (χ1v) is 12.3. The minimum atomic E-state index is -2.62. The van der Waals surface area contributed by atoms with Gasteiger partial charge in [0.05, 0.1) is 8.80 Å².